The zero-order valence-corrected chi connectivity index (χ0v) is 11.3. The van der Waals surface area contributed by atoms with Crippen LogP contribution in [0.4, 0.5) is 0 Å². The SMILES string of the molecule is COC(=O)Cc1ccccc1COC1CCC(N)C1. The van der Waals surface area contributed by atoms with E-state index >= 15 is 0 Å². The Morgan fingerprint density at radius 2 is 2.05 bits per heavy atom. The molecule has 1 aromatic rings. The standard InChI is InChI=1S/C15H21NO3/c1-18-15(17)8-11-4-2-3-5-12(11)10-19-14-7-6-13(16)9-14/h2-5,13-14H,6-10,16H2,1H3. The van der Waals surface area contributed by atoms with Crippen LogP contribution in [-0.4, -0.2) is 25.2 Å². The minimum Gasteiger partial charge on any atom is -0.469 e. The maximum Gasteiger partial charge on any atom is 0.309 e. The number of methoxy groups -OCH3 is 1. The van der Waals surface area contributed by atoms with E-state index in [2.05, 4.69) is 0 Å². The highest BCUT2D eigenvalue weighted by molar-refractivity contribution is 5.72. The third kappa shape index (κ3) is 4.04. The van der Waals surface area contributed by atoms with Gasteiger partial charge in [0.25, 0.3) is 0 Å². The summed E-state index contributed by atoms with van der Waals surface area (Å²) in [4.78, 5) is 11.4. The fourth-order valence-corrected chi connectivity index (χ4v) is 2.43. The number of rotatable bonds is 5. The molecule has 1 fully saturated rings. The molecule has 0 radical (unpaired) electrons. The summed E-state index contributed by atoms with van der Waals surface area (Å²) in [5, 5.41) is 0. The maximum absolute atomic E-state index is 11.4. The van der Waals surface area contributed by atoms with Gasteiger partial charge in [0.2, 0.25) is 0 Å². The Morgan fingerprint density at radius 3 is 2.68 bits per heavy atom. The third-order valence-electron chi connectivity index (χ3n) is 3.58. The van der Waals surface area contributed by atoms with Gasteiger partial charge in [0.1, 0.15) is 0 Å². The highest BCUT2D eigenvalue weighted by Gasteiger charge is 2.22. The fraction of sp³-hybridized carbons (Fsp3) is 0.533. The average Bonchev–Trinajstić information content (AvgIpc) is 2.83. The topological polar surface area (TPSA) is 61.5 Å². The van der Waals surface area contributed by atoms with Crippen LogP contribution in [0.25, 0.3) is 0 Å². The van der Waals surface area contributed by atoms with Crippen LogP contribution in [0.2, 0.25) is 0 Å². The quantitative estimate of drug-likeness (QED) is 0.823. The van der Waals surface area contributed by atoms with E-state index in [9.17, 15) is 4.79 Å². The van der Waals surface area contributed by atoms with Crippen LogP contribution in [0.15, 0.2) is 24.3 Å². The predicted molar refractivity (Wildman–Crippen MR) is 72.6 cm³/mol. The van der Waals surface area contributed by atoms with Gasteiger partial charge in [-0.1, -0.05) is 24.3 Å². The van der Waals surface area contributed by atoms with Crippen molar-refractivity contribution in [2.75, 3.05) is 7.11 Å². The summed E-state index contributed by atoms with van der Waals surface area (Å²) < 4.78 is 10.6. The van der Waals surface area contributed by atoms with Gasteiger partial charge in [0, 0.05) is 6.04 Å². The van der Waals surface area contributed by atoms with Crippen molar-refractivity contribution in [3.63, 3.8) is 0 Å². The van der Waals surface area contributed by atoms with E-state index in [-0.39, 0.29) is 18.1 Å². The molecule has 0 aliphatic heterocycles. The molecule has 4 heteroatoms. The molecule has 1 aliphatic rings. The number of carbonyl (C=O) groups is 1. The molecule has 0 heterocycles. The van der Waals surface area contributed by atoms with Gasteiger partial charge >= 0.3 is 5.97 Å². The van der Waals surface area contributed by atoms with Gasteiger partial charge in [-0.2, -0.15) is 0 Å². The Kier molecular flexibility index (Phi) is 4.93. The largest absolute Gasteiger partial charge is 0.469 e. The van der Waals surface area contributed by atoms with Gasteiger partial charge < -0.3 is 15.2 Å². The summed E-state index contributed by atoms with van der Waals surface area (Å²) in [6, 6.07) is 8.09. The molecule has 104 valence electrons. The van der Waals surface area contributed by atoms with E-state index in [0.717, 1.165) is 30.4 Å². The molecule has 4 nitrogen and oxygen atoms in total. The minimum absolute atomic E-state index is 0.227. The molecule has 0 saturated heterocycles. The summed E-state index contributed by atoms with van der Waals surface area (Å²) in [5.41, 5.74) is 7.89. The van der Waals surface area contributed by atoms with Crippen LogP contribution >= 0.6 is 0 Å². The summed E-state index contributed by atoms with van der Waals surface area (Å²) >= 11 is 0. The van der Waals surface area contributed by atoms with Crippen molar-refractivity contribution in [2.45, 2.75) is 44.4 Å². The van der Waals surface area contributed by atoms with Crippen LogP contribution in [0.3, 0.4) is 0 Å². The lowest BCUT2D eigenvalue weighted by Gasteiger charge is -2.14. The lowest BCUT2D eigenvalue weighted by Crippen LogP contribution is -2.17. The lowest BCUT2D eigenvalue weighted by molar-refractivity contribution is -0.139. The number of esters is 1. The number of carbonyl (C=O) groups excluding carboxylic acids is 1. The van der Waals surface area contributed by atoms with Crippen LogP contribution in [0, 0.1) is 0 Å². The normalized spacial score (nSPS) is 22.4. The molecule has 2 rings (SSSR count). The summed E-state index contributed by atoms with van der Waals surface area (Å²) in [6.45, 7) is 0.532. The molecule has 2 unspecified atom stereocenters. The molecule has 19 heavy (non-hydrogen) atoms. The zero-order valence-electron chi connectivity index (χ0n) is 11.3. The van der Waals surface area contributed by atoms with Gasteiger partial charge in [-0.25, -0.2) is 0 Å². The highest BCUT2D eigenvalue weighted by atomic mass is 16.5. The first-order valence-corrected chi connectivity index (χ1v) is 6.70. The lowest BCUT2D eigenvalue weighted by atomic mass is 10.1. The maximum atomic E-state index is 11.4. The molecular weight excluding hydrogens is 242 g/mol. The second-order valence-corrected chi connectivity index (χ2v) is 5.03. The van der Waals surface area contributed by atoms with Crippen molar-refractivity contribution in [2.24, 2.45) is 5.73 Å². The summed E-state index contributed by atoms with van der Waals surface area (Å²) in [7, 11) is 1.40. The van der Waals surface area contributed by atoms with E-state index in [0.29, 0.717) is 13.0 Å². The first-order valence-electron chi connectivity index (χ1n) is 6.70. The number of ether oxygens (including phenoxy) is 2. The molecule has 1 aromatic carbocycles. The van der Waals surface area contributed by atoms with Crippen molar-refractivity contribution >= 4 is 5.97 Å². The van der Waals surface area contributed by atoms with Crippen molar-refractivity contribution in [1.29, 1.82) is 0 Å². The Morgan fingerprint density at radius 1 is 1.32 bits per heavy atom. The molecule has 0 amide bonds. The second-order valence-electron chi connectivity index (χ2n) is 5.03. The van der Waals surface area contributed by atoms with Crippen LogP contribution in [0.5, 0.6) is 0 Å². The third-order valence-corrected chi connectivity index (χ3v) is 3.58. The first-order chi connectivity index (χ1) is 9.19. The van der Waals surface area contributed by atoms with Crippen molar-refractivity contribution < 1.29 is 14.3 Å². The van der Waals surface area contributed by atoms with Crippen LogP contribution < -0.4 is 5.73 Å². The van der Waals surface area contributed by atoms with Crippen molar-refractivity contribution in [3.05, 3.63) is 35.4 Å². The molecule has 0 bridgehead atoms. The van der Waals surface area contributed by atoms with Crippen LogP contribution in [-0.2, 0) is 27.3 Å². The monoisotopic (exact) mass is 263 g/mol. The number of hydrogen-bond acceptors (Lipinski definition) is 4. The Labute approximate surface area is 113 Å². The number of hydrogen-bond donors (Lipinski definition) is 1. The Hall–Kier alpha value is -1.39. The van der Waals surface area contributed by atoms with Gasteiger partial charge in [-0.15, -0.1) is 0 Å². The van der Waals surface area contributed by atoms with E-state index in [1.165, 1.54) is 7.11 Å². The minimum atomic E-state index is -0.227. The fourth-order valence-electron chi connectivity index (χ4n) is 2.43. The molecule has 0 spiro atoms. The van der Waals surface area contributed by atoms with E-state index < -0.39 is 0 Å². The van der Waals surface area contributed by atoms with Gasteiger partial charge in [-0.3, -0.25) is 4.79 Å². The molecular formula is C15H21NO3. The number of nitrogens with two attached hydrogens (primary N) is 1. The second kappa shape index (κ2) is 6.68. The van der Waals surface area contributed by atoms with Gasteiger partial charge in [0.15, 0.2) is 0 Å². The molecule has 1 saturated carbocycles. The van der Waals surface area contributed by atoms with Gasteiger partial charge in [-0.05, 0) is 30.4 Å². The molecule has 0 aromatic heterocycles. The predicted octanol–water partition coefficient (Wildman–Crippen LogP) is 1.80. The zero-order chi connectivity index (χ0) is 13.7. The molecule has 2 N–H and O–H groups in total. The highest BCUT2D eigenvalue weighted by Crippen LogP contribution is 2.22. The van der Waals surface area contributed by atoms with Crippen molar-refractivity contribution in [3.8, 4) is 0 Å². The van der Waals surface area contributed by atoms with Crippen molar-refractivity contribution in [1.82, 2.24) is 0 Å². The Bertz CT molecular complexity index is 433. The number of benzene rings is 1. The molecule has 1 aliphatic carbocycles. The van der Waals surface area contributed by atoms with E-state index in [1.807, 2.05) is 24.3 Å². The van der Waals surface area contributed by atoms with Crippen LogP contribution in [0.1, 0.15) is 30.4 Å². The summed E-state index contributed by atoms with van der Waals surface area (Å²) in [5.74, 6) is -0.227. The van der Waals surface area contributed by atoms with Gasteiger partial charge in [0.05, 0.1) is 26.2 Å². The average molecular weight is 263 g/mol. The first kappa shape index (κ1) is 14.0. The molecule has 2 atom stereocenters. The van der Waals surface area contributed by atoms with E-state index in [4.69, 9.17) is 15.2 Å². The summed E-state index contributed by atoms with van der Waals surface area (Å²) in [6.07, 6.45) is 3.54. The Balaban J connectivity index is 1.93. The van der Waals surface area contributed by atoms with E-state index in [1.54, 1.807) is 0 Å². The smallest absolute Gasteiger partial charge is 0.309 e.